The zero-order valence-corrected chi connectivity index (χ0v) is 76.6. The molecule has 0 unspecified atom stereocenters. The summed E-state index contributed by atoms with van der Waals surface area (Å²) in [5, 5.41) is 49.0. The number of fused-ring (bicyclic) bond motifs is 4. The number of rotatable bonds is 27. The molecular weight excluding hydrogens is 1680 g/mol. The Bertz CT molecular complexity index is 5250. The first-order chi connectivity index (χ1) is 54.6. The number of anilines is 1. The third kappa shape index (κ3) is 26.2. The lowest BCUT2D eigenvalue weighted by Gasteiger charge is -2.26. The van der Waals surface area contributed by atoms with Crippen LogP contribution in [0.1, 0.15) is 108 Å². The normalized spacial score (nSPS) is 12.0. The van der Waals surface area contributed by atoms with E-state index in [4.69, 9.17) is 86.9 Å². The average Bonchev–Trinajstić information content (AvgIpc) is 1.67. The number of likely N-dealkylation sites (N-methyl/N-ethyl adjacent to an activating group) is 1. The van der Waals surface area contributed by atoms with E-state index in [9.17, 15) is 39.6 Å². The molecule has 0 spiro atoms. The Morgan fingerprint density at radius 2 is 0.681 bits per heavy atom. The number of nitrogens with two attached hydrogens (primary N) is 2. The number of nitrogens with zero attached hydrogens (tertiary/aromatic N) is 9. The molecule has 0 saturated carbocycles. The smallest absolute Gasteiger partial charge is 0.306 e. The number of aliphatic hydroxyl groups is 4. The number of aliphatic carboxylic acids is 1. The summed E-state index contributed by atoms with van der Waals surface area (Å²) in [6.45, 7) is 19.0. The number of hydrogen-bond acceptors (Lipinski definition) is 19. The van der Waals surface area contributed by atoms with Crippen molar-refractivity contribution in [1.82, 2.24) is 42.4 Å². The summed E-state index contributed by atoms with van der Waals surface area (Å²) in [5.74, 6) is 2.50. The van der Waals surface area contributed by atoms with Crippen LogP contribution in [0.5, 0.6) is 23.0 Å². The van der Waals surface area contributed by atoms with Gasteiger partial charge in [0.15, 0.2) is 11.6 Å². The maximum Gasteiger partial charge on any atom is 0.306 e. The Morgan fingerprint density at radius 1 is 0.403 bits per heavy atom. The number of imidazole rings is 4. The number of ketones is 3. The molecule has 8 heterocycles. The van der Waals surface area contributed by atoms with Gasteiger partial charge in [-0.05, 0) is 168 Å². The summed E-state index contributed by atoms with van der Waals surface area (Å²) >= 11 is 25.0. The Morgan fingerprint density at radius 3 is 0.924 bits per heavy atom. The number of carbonyl (C=O) groups excluding carboxylic acids is 3. The van der Waals surface area contributed by atoms with Crippen molar-refractivity contribution in [1.29, 1.82) is 0 Å². The number of pyridine rings is 4. The molecule has 12 rings (SSSR count). The summed E-state index contributed by atoms with van der Waals surface area (Å²) in [6.07, 6.45) is 16.0. The lowest BCUT2D eigenvalue weighted by atomic mass is 9.90. The molecular formula is C87H111Cl4N11O13S4. The van der Waals surface area contributed by atoms with Gasteiger partial charge in [0, 0.05) is 109 Å². The summed E-state index contributed by atoms with van der Waals surface area (Å²) < 4.78 is 28.4. The van der Waals surface area contributed by atoms with Crippen LogP contribution < -0.4 is 30.4 Å². The van der Waals surface area contributed by atoms with E-state index in [0.29, 0.717) is 118 Å². The highest BCUT2D eigenvalue weighted by atomic mass is 35.5. The van der Waals surface area contributed by atoms with Gasteiger partial charge in [0.25, 0.3) is 0 Å². The number of carbonyl (C=O) groups is 4. The zero-order valence-electron chi connectivity index (χ0n) is 69.6. The van der Waals surface area contributed by atoms with Crippen molar-refractivity contribution in [3.05, 3.63) is 206 Å². The summed E-state index contributed by atoms with van der Waals surface area (Å²) in [5.41, 5.74) is 26.5. The summed E-state index contributed by atoms with van der Waals surface area (Å²) in [6, 6.07) is 28.3. The standard InChI is InChI=1S/C23H28ClN3O3.C22H25ClN2O3.C21H24ClN3O3.C15H14ClN3O2.C6H12O2.4H2S/c1-14(2)23(26(3)4)20(29)8-15-6-7-27-12-19(25-22(27)9-15)17-11-18(24)21(30-5)10-16(17)13-28;1-13(2)14(3)20(27)7-15-5-6-25-11-19(24-22(25)8-15)17-10-18(23)21(28-4)9-16(17)12-26;1-12(2)21(23)18(27)6-13-4-5-25-10-17(24-20(25)7-13)15-9-16(22)19(28-3)8-14(15)11-26;1-21-14-4-9(8-20)11(6-12(14)16)13-7-19-3-2-10(17)5-15(19)18-13;1-4(2)5(3)6(7)8;;;;/h6-7,9-12,14,23,28H,8,13H2,1-5H3;5-6,8-11,13-14,26H,7,12H2,1-4H3;4-5,7-10,12,21,26H,6,11,23H2,1-3H3;2-7,20H,8,17H2,1H3;4-5H,1-3H3,(H,7,8);4*1H2/t23-;14-;21-;;5-;;;;/m000.0..../s1. The Labute approximate surface area is 742 Å². The molecule has 24 nitrogen and oxygen atoms in total. The Balaban J connectivity index is 0.000000321. The number of methoxy groups -OCH3 is 4. The lowest BCUT2D eigenvalue weighted by Crippen LogP contribution is -2.40. The first kappa shape index (κ1) is 103. The van der Waals surface area contributed by atoms with Crippen molar-refractivity contribution >= 4 is 152 Å². The number of carboxylic acid groups (broad SMARTS) is 1. The molecule has 0 bridgehead atoms. The SMILES string of the molecule is CC(C)[C@H](C)C(=O)O.COc1cc(CO)c(-c2cn3ccc(CC(=O)[C@@H](C)C(C)C)cc3n2)cc1Cl.COc1cc(CO)c(-c2cn3ccc(CC(=O)[C@@H](N)C(C)C)cc3n2)cc1Cl.COc1cc(CO)c(-c2cn3ccc(CC(=O)[C@H](C(C)C)N(C)C)cc3n2)cc1Cl.COc1cc(CO)c(-c2cn3ccc(N)cc3n2)cc1Cl.S.S.S.S. The van der Waals surface area contributed by atoms with E-state index in [-0.39, 0.29) is 140 Å². The van der Waals surface area contributed by atoms with Gasteiger partial charge in [-0.15, -0.1) is 0 Å². The van der Waals surface area contributed by atoms with Crippen LogP contribution in [0.2, 0.25) is 20.1 Å². The molecule has 0 saturated heterocycles. The van der Waals surface area contributed by atoms with E-state index in [2.05, 4.69) is 42.6 Å². The van der Waals surface area contributed by atoms with E-state index >= 15 is 0 Å². The molecule has 12 aromatic rings. The highest BCUT2D eigenvalue weighted by Gasteiger charge is 2.26. The third-order valence-corrected chi connectivity index (χ3v) is 21.2. The monoisotopic (exact) mass is 1790 g/mol. The maximum absolute atomic E-state index is 12.8. The van der Waals surface area contributed by atoms with E-state index in [0.717, 1.165) is 55.9 Å². The highest BCUT2D eigenvalue weighted by molar-refractivity contribution is 7.59. The number of benzene rings is 4. The topological polar surface area (TPSA) is 331 Å². The second-order valence-corrected chi connectivity index (χ2v) is 31.2. The van der Waals surface area contributed by atoms with Crippen LogP contribution in [0.4, 0.5) is 5.69 Å². The van der Waals surface area contributed by atoms with Gasteiger partial charge in [-0.3, -0.25) is 24.1 Å². The second-order valence-electron chi connectivity index (χ2n) is 29.6. The molecule has 9 N–H and O–H groups in total. The van der Waals surface area contributed by atoms with E-state index in [1.165, 1.54) is 28.4 Å². The minimum absolute atomic E-state index is 0. The molecule has 0 fully saturated rings. The molecule has 644 valence electrons. The number of carboxylic acids is 1. The number of nitrogen functional groups attached to an aromatic ring is 1. The Hall–Kier alpha value is -8.56. The fourth-order valence-electron chi connectivity index (χ4n) is 12.7. The minimum atomic E-state index is -0.708. The lowest BCUT2D eigenvalue weighted by molar-refractivity contribution is -0.142. The van der Waals surface area contributed by atoms with Gasteiger partial charge in [-0.2, -0.15) is 54.0 Å². The average molecular weight is 1790 g/mol. The zero-order chi connectivity index (χ0) is 84.6. The third-order valence-electron chi connectivity index (χ3n) is 20.0. The highest BCUT2D eigenvalue weighted by Crippen LogP contribution is 2.39. The predicted octanol–water partition coefficient (Wildman–Crippen LogP) is 16.2. The van der Waals surface area contributed by atoms with Gasteiger partial charge < -0.3 is 73.6 Å². The molecule has 0 amide bonds. The predicted molar refractivity (Wildman–Crippen MR) is 495 cm³/mol. The first-order valence-electron chi connectivity index (χ1n) is 37.4. The number of hydrogen-bond donors (Lipinski definition) is 7. The summed E-state index contributed by atoms with van der Waals surface area (Å²) in [7, 11) is 10.0. The van der Waals surface area contributed by atoms with Crippen molar-refractivity contribution in [3.63, 3.8) is 0 Å². The molecule has 0 aliphatic rings. The first-order valence-corrected chi connectivity index (χ1v) is 38.9. The molecule has 0 radical (unpaired) electrons. The van der Waals surface area contributed by atoms with Crippen LogP contribution in [-0.4, -0.2) is 146 Å². The van der Waals surface area contributed by atoms with Crippen LogP contribution in [0.25, 0.3) is 67.6 Å². The van der Waals surface area contributed by atoms with Crippen molar-refractivity contribution < 1.29 is 63.7 Å². The second kappa shape index (κ2) is 47.0. The van der Waals surface area contributed by atoms with Crippen molar-refractivity contribution in [2.24, 2.45) is 41.2 Å². The van der Waals surface area contributed by atoms with E-state index in [1.807, 2.05) is 157 Å². The van der Waals surface area contributed by atoms with Gasteiger partial charge >= 0.3 is 5.97 Å². The van der Waals surface area contributed by atoms with Gasteiger partial charge in [0.05, 0.1) is 116 Å². The van der Waals surface area contributed by atoms with Crippen molar-refractivity contribution in [2.45, 2.75) is 127 Å². The molecule has 119 heavy (non-hydrogen) atoms. The van der Waals surface area contributed by atoms with Gasteiger partial charge in [0.2, 0.25) is 0 Å². The molecule has 32 heteroatoms. The van der Waals surface area contributed by atoms with E-state index < -0.39 is 12.0 Å². The number of aromatic nitrogens is 8. The van der Waals surface area contributed by atoms with Gasteiger partial charge in [0.1, 0.15) is 51.4 Å². The number of Topliss-reactive ketones (excluding diaryl/α,β-unsaturated/α-hetero) is 3. The Kier molecular flexibility index (Phi) is 40.6. The molecule has 4 atom stereocenters. The van der Waals surface area contributed by atoms with Crippen LogP contribution in [0, 0.1) is 35.5 Å². The quantitative estimate of drug-likeness (QED) is 0.0251. The van der Waals surface area contributed by atoms with Gasteiger partial charge in [-0.25, -0.2) is 19.9 Å². The fraction of sp³-hybridized carbons (Fsp3) is 0.356. The van der Waals surface area contributed by atoms with Crippen LogP contribution in [0.3, 0.4) is 0 Å². The van der Waals surface area contributed by atoms with Crippen LogP contribution in [-0.2, 0) is 64.9 Å². The summed E-state index contributed by atoms with van der Waals surface area (Å²) in [4.78, 5) is 68.2. The van der Waals surface area contributed by atoms with Crippen LogP contribution in [0.15, 0.2) is 147 Å². The van der Waals surface area contributed by atoms with E-state index in [1.54, 1.807) is 67.6 Å². The largest absolute Gasteiger partial charge is 0.495 e. The van der Waals surface area contributed by atoms with Crippen molar-refractivity contribution in [2.75, 3.05) is 48.3 Å². The molecule has 8 aromatic heterocycles. The van der Waals surface area contributed by atoms with Gasteiger partial charge in [-0.1, -0.05) is 116 Å². The molecule has 0 aliphatic carbocycles. The fourth-order valence-corrected chi connectivity index (χ4v) is 13.6. The number of ether oxygens (including phenoxy) is 4. The minimum Gasteiger partial charge on any atom is -0.495 e. The maximum atomic E-state index is 12.8. The molecule has 4 aromatic carbocycles. The van der Waals surface area contributed by atoms with Crippen LogP contribution >= 0.6 is 100 Å². The molecule has 0 aliphatic heterocycles. The number of aliphatic hydroxyl groups excluding tert-OH is 4. The number of halogens is 4. The van der Waals surface area contributed by atoms with Crippen molar-refractivity contribution in [3.8, 4) is 68.0 Å².